The van der Waals surface area contributed by atoms with Crippen LogP contribution in [0.3, 0.4) is 0 Å². The smallest absolute Gasteiger partial charge is 0.310 e. The van der Waals surface area contributed by atoms with Crippen molar-refractivity contribution in [2.75, 3.05) is 34.2 Å². The van der Waals surface area contributed by atoms with Gasteiger partial charge >= 0.3 is 5.97 Å². The quantitative estimate of drug-likeness (QED) is 0.332. The van der Waals surface area contributed by atoms with Gasteiger partial charge in [0.25, 0.3) is 0 Å². The average Bonchev–Trinajstić information content (AvgIpc) is 3.82. The first kappa shape index (κ1) is 27.5. The Bertz CT molecular complexity index is 1690. The Labute approximate surface area is 269 Å². The lowest BCUT2D eigenvalue weighted by atomic mass is 9.66. The Balaban J connectivity index is 1.20. The van der Waals surface area contributed by atoms with E-state index in [1.54, 1.807) is 24.3 Å². The summed E-state index contributed by atoms with van der Waals surface area (Å²) in [5.74, 6) is -3.44. The molecule has 0 bridgehead atoms. The van der Waals surface area contributed by atoms with Crippen LogP contribution in [0, 0.1) is 11.8 Å². The molecule has 8 rings (SSSR count). The second kappa shape index (κ2) is 11.6. The minimum absolute atomic E-state index is 0.0257. The summed E-state index contributed by atoms with van der Waals surface area (Å²) in [7, 11) is 2.75. The first-order chi connectivity index (χ1) is 23.1. The first-order valence-corrected chi connectivity index (χ1v) is 15.6. The Hall–Kier alpha value is -3.63. The Morgan fingerprint density at radius 1 is 0.978 bits per heavy atom. The lowest BCUT2D eigenvalue weighted by Crippen LogP contribution is -2.62. The van der Waals surface area contributed by atoms with Gasteiger partial charge in [0, 0.05) is 11.8 Å². The Morgan fingerprint density at radius 3 is 2.41 bits per heavy atom. The normalized spacial score (nSPS) is 36.0. The number of aromatic hydroxyl groups is 1. The number of carbonyl (C=O) groups excluding carboxylic acids is 1. The molecule has 3 fully saturated rings. The number of phenols is 1. The third kappa shape index (κ3) is 4.70. The second-order valence-corrected chi connectivity index (χ2v) is 12.5. The molecule has 5 heterocycles. The van der Waals surface area contributed by atoms with Crippen molar-refractivity contribution in [3.8, 4) is 28.7 Å². The molecule has 13 nitrogen and oxygen atoms in total. The fourth-order valence-electron chi connectivity index (χ4n) is 6.93. The molecule has 0 saturated carbocycles. The number of carbonyl (C=O) groups is 1. The largest absolute Gasteiger partial charge is 0.502 e. The van der Waals surface area contributed by atoms with Crippen molar-refractivity contribution < 1.29 is 65.5 Å². The van der Waals surface area contributed by atoms with E-state index >= 15 is 0 Å². The van der Waals surface area contributed by atoms with Crippen LogP contribution in [0.25, 0.3) is 0 Å². The molecule has 14 heteroatoms. The van der Waals surface area contributed by atoms with E-state index in [2.05, 4.69) is 0 Å². The van der Waals surface area contributed by atoms with Crippen molar-refractivity contribution in [3.05, 3.63) is 63.3 Å². The number of phenolic OH excluding ortho intramolecular Hbond substituents is 1. The molecule has 3 saturated heterocycles. The standard InChI is InChI=1S/C32H32O13S/c1-37-19-6-13(7-20(38-2)25(19)33)23-14-8-17-18(42-12-41-17)9-15(14)28(16-10-39-30(36)24(16)23)44-32-27(35)26(34)29-21(43-32)11-40-31(45-29)22-4-3-5-46-22/h3-9,16,21,23-24,26-29,31-35H,10-12H2,1-2H3/t16-,21+,23+,24-,26+,27+,28+,29+,31+,32-/m0/s1/i10D2. The number of aliphatic hydroxyl groups excluding tert-OH is 2. The Morgan fingerprint density at radius 2 is 1.72 bits per heavy atom. The predicted molar refractivity (Wildman–Crippen MR) is 156 cm³/mol. The number of benzene rings is 2. The van der Waals surface area contributed by atoms with Crippen LogP contribution in [0.15, 0.2) is 41.8 Å². The monoisotopic (exact) mass is 658 g/mol. The van der Waals surface area contributed by atoms with Gasteiger partial charge in [0.1, 0.15) is 24.4 Å². The zero-order valence-corrected chi connectivity index (χ0v) is 25.4. The summed E-state index contributed by atoms with van der Waals surface area (Å²) in [6, 6.07) is 10.1. The predicted octanol–water partition coefficient (Wildman–Crippen LogP) is 2.75. The summed E-state index contributed by atoms with van der Waals surface area (Å²) in [6.07, 6.45) is -8.29. The van der Waals surface area contributed by atoms with E-state index in [0.29, 0.717) is 28.2 Å². The van der Waals surface area contributed by atoms with Gasteiger partial charge < -0.3 is 58.0 Å². The Kier molecular flexibility index (Phi) is 6.91. The third-order valence-corrected chi connectivity index (χ3v) is 10.0. The molecule has 3 N–H and O–H groups in total. The first-order valence-electron chi connectivity index (χ1n) is 15.7. The van der Waals surface area contributed by atoms with Gasteiger partial charge in [-0.15, -0.1) is 11.3 Å². The molecule has 0 amide bonds. The van der Waals surface area contributed by atoms with Gasteiger partial charge in [-0.2, -0.15) is 0 Å². The van der Waals surface area contributed by atoms with Gasteiger partial charge in [-0.05, 0) is 52.4 Å². The summed E-state index contributed by atoms with van der Waals surface area (Å²) in [5.41, 5.74) is 1.40. The summed E-state index contributed by atoms with van der Waals surface area (Å²) >= 11 is 1.43. The highest BCUT2D eigenvalue weighted by atomic mass is 32.1. The number of rotatable bonds is 6. The van der Waals surface area contributed by atoms with Crippen LogP contribution < -0.4 is 18.9 Å². The fourth-order valence-corrected chi connectivity index (χ4v) is 7.63. The zero-order chi connectivity index (χ0) is 33.5. The third-order valence-electron chi connectivity index (χ3n) is 9.11. The van der Waals surface area contributed by atoms with Crippen LogP contribution in [0.5, 0.6) is 28.7 Å². The highest BCUT2D eigenvalue weighted by molar-refractivity contribution is 7.10. The van der Waals surface area contributed by atoms with Gasteiger partial charge in [-0.3, -0.25) is 4.79 Å². The number of hydrogen-bond donors (Lipinski definition) is 3. The van der Waals surface area contributed by atoms with Crippen molar-refractivity contribution >= 4 is 17.3 Å². The molecule has 10 atom stereocenters. The maximum Gasteiger partial charge on any atom is 0.310 e. The van der Waals surface area contributed by atoms with Crippen molar-refractivity contribution in [3.63, 3.8) is 0 Å². The van der Waals surface area contributed by atoms with Gasteiger partial charge in [0.05, 0.1) is 47.0 Å². The van der Waals surface area contributed by atoms with Crippen LogP contribution in [0.4, 0.5) is 0 Å². The molecule has 1 aliphatic carbocycles. The minimum atomic E-state index is -2.53. The van der Waals surface area contributed by atoms with Gasteiger partial charge in [0.15, 0.2) is 35.6 Å². The van der Waals surface area contributed by atoms with E-state index in [-0.39, 0.29) is 30.6 Å². The molecular weight excluding hydrogens is 624 g/mol. The highest BCUT2D eigenvalue weighted by Gasteiger charge is 2.56. The van der Waals surface area contributed by atoms with E-state index in [0.717, 1.165) is 4.88 Å². The molecule has 1 aromatic heterocycles. The van der Waals surface area contributed by atoms with E-state index in [4.69, 9.17) is 45.4 Å². The molecular formula is C32H32O13S. The number of methoxy groups -OCH3 is 2. The van der Waals surface area contributed by atoms with Crippen LogP contribution in [-0.4, -0.2) is 86.2 Å². The molecule has 0 radical (unpaired) electrons. The van der Waals surface area contributed by atoms with Crippen molar-refractivity contribution in [2.24, 2.45) is 11.8 Å². The fraction of sp³-hybridized carbons (Fsp3) is 0.469. The molecule has 0 spiro atoms. The number of thiophene rings is 1. The van der Waals surface area contributed by atoms with Crippen molar-refractivity contribution in [2.45, 2.75) is 49.0 Å². The second-order valence-electron chi connectivity index (χ2n) is 11.5. The van der Waals surface area contributed by atoms with E-state index in [9.17, 15) is 20.1 Å². The highest BCUT2D eigenvalue weighted by Crippen LogP contribution is 2.57. The minimum Gasteiger partial charge on any atom is -0.502 e. The molecule has 3 aromatic rings. The summed E-state index contributed by atoms with van der Waals surface area (Å²) in [6.45, 7) is -2.56. The average molecular weight is 659 g/mol. The van der Waals surface area contributed by atoms with Crippen molar-refractivity contribution in [1.82, 2.24) is 0 Å². The maximum absolute atomic E-state index is 13.7. The van der Waals surface area contributed by atoms with E-state index in [1.165, 1.54) is 25.6 Å². The molecule has 2 aromatic carbocycles. The number of cyclic esters (lactones) is 1. The summed E-state index contributed by atoms with van der Waals surface area (Å²) in [5, 5.41) is 35.1. The van der Waals surface area contributed by atoms with Crippen LogP contribution >= 0.6 is 11.3 Å². The number of fused-ring (bicyclic) bond motifs is 4. The van der Waals surface area contributed by atoms with Gasteiger partial charge in [-0.25, -0.2) is 0 Å². The zero-order valence-electron chi connectivity index (χ0n) is 26.6. The van der Waals surface area contributed by atoms with Gasteiger partial charge in [0.2, 0.25) is 12.5 Å². The summed E-state index contributed by atoms with van der Waals surface area (Å²) in [4.78, 5) is 14.5. The molecule has 5 aliphatic rings. The number of aliphatic hydroxyl groups is 2. The number of esters is 1. The van der Waals surface area contributed by atoms with Crippen LogP contribution in [0.1, 0.15) is 42.6 Å². The van der Waals surface area contributed by atoms with Crippen LogP contribution in [-0.2, 0) is 28.5 Å². The topological polar surface area (TPSA) is 161 Å². The maximum atomic E-state index is 13.7. The SMILES string of the molecule is [2H]C1([2H])OC(=O)[C@@H]2[C@H](c3cc(OC)c(O)c(OC)c3)c3cc4c(cc3[C@@H](O[C@@H]3O[C@@H]5CO[C@@H](c6cccs6)O[C@H]5[C@H](O)[C@H]3O)[C@H]21)OCO4. The van der Waals surface area contributed by atoms with Crippen molar-refractivity contribution in [1.29, 1.82) is 0 Å². The van der Waals surface area contributed by atoms with E-state index < -0.39 is 73.4 Å². The van der Waals surface area contributed by atoms with E-state index in [1.807, 2.05) is 17.5 Å². The molecule has 46 heavy (non-hydrogen) atoms. The molecule has 244 valence electrons. The molecule has 4 aliphatic heterocycles. The number of hydrogen-bond acceptors (Lipinski definition) is 14. The van der Waals surface area contributed by atoms with Gasteiger partial charge in [-0.1, -0.05) is 6.07 Å². The lowest BCUT2D eigenvalue weighted by Gasteiger charge is -2.48. The number of ether oxygens (including phenoxy) is 9. The summed E-state index contributed by atoms with van der Waals surface area (Å²) < 4.78 is 69.7. The van der Waals surface area contributed by atoms with Crippen LogP contribution in [0.2, 0.25) is 0 Å². The lowest BCUT2D eigenvalue weighted by molar-refractivity contribution is -0.368. The molecule has 0 unspecified atom stereocenters.